The number of aryl methyl sites for hydroxylation is 1. The van der Waals surface area contributed by atoms with Crippen LogP contribution in [0.15, 0.2) is 5.38 Å². The van der Waals surface area contributed by atoms with Gasteiger partial charge in [0.25, 0.3) is 0 Å². The Morgan fingerprint density at radius 1 is 1.25 bits per heavy atom. The van der Waals surface area contributed by atoms with Gasteiger partial charge in [-0.2, -0.15) is 0 Å². The molecule has 0 saturated carbocycles. The summed E-state index contributed by atoms with van der Waals surface area (Å²) in [6.07, 6.45) is 1.04. The molecule has 0 amide bonds. The summed E-state index contributed by atoms with van der Waals surface area (Å²) in [6.45, 7) is 11.6. The summed E-state index contributed by atoms with van der Waals surface area (Å²) in [5.41, 5.74) is 1.35. The van der Waals surface area contributed by atoms with E-state index in [2.05, 4.69) is 41.8 Å². The van der Waals surface area contributed by atoms with Crippen LogP contribution >= 0.6 is 11.3 Å². The van der Waals surface area contributed by atoms with Gasteiger partial charge in [-0.05, 0) is 27.7 Å². The van der Waals surface area contributed by atoms with Crippen LogP contribution in [0.2, 0.25) is 0 Å². The Labute approximate surface area is 103 Å². The number of aromatic nitrogens is 1. The topological polar surface area (TPSA) is 37.0 Å². The van der Waals surface area contributed by atoms with Gasteiger partial charge < -0.3 is 10.6 Å². The molecule has 0 aromatic carbocycles. The molecule has 3 nitrogen and oxygen atoms in total. The quantitative estimate of drug-likeness (QED) is 0.748. The van der Waals surface area contributed by atoms with Crippen molar-refractivity contribution in [3.63, 3.8) is 0 Å². The summed E-state index contributed by atoms with van der Waals surface area (Å²) < 4.78 is 0. The van der Waals surface area contributed by atoms with E-state index in [0.717, 1.165) is 31.7 Å². The standard InChI is InChI=1S/C12H23N3S/c1-10-9-16-11(15-10)5-6-13-7-8-14-12(2,3)4/h9,13-14H,5-8H2,1-4H3. The second kappa shape index (κ2) is 6.33. The normalized spacial score (nSPS) is 12.0. The van der Waals surface area contributed by atoms with Gasteiger partial charge in [0.1, 0.15) is 0 Å². The number of hydrogen-bond acceptors (Lipinski definition) is 4. The first-order valence-electron chi connectivity index (χ1n) is 5.84. The van der Waals surface area contributed by atoms with E-state index in [9.17, 15) is 0 Å². The lowest BCUT2D eigenvalue weighted by Gasteiger charge is -2.20. The maximum atomic E-state index is 4.43. The fourth-order valence-corrected chi connectivity index (χ4v) is 2.14. The van der Waals surface area contributed by atoms with Gasteiger partial charge in [0.2, 0.25) is 0 Å². The van der Waals surface area contributed by atoms with Crippen molar-refractivity contribution in [1.29, 1.82) is 0 Å². The Kier molecular flexibility index (Phi) is 5.38. The van der Waals surface area contributed by atoms with E-state index in [1.54, 1.807) is 11.3 Å². The molecule has 4 heteroatoms. The summed E-state index contributed by atoms with van der Waals surface area (Å²) in [5.74, 6) is 0. The Morgan fingerprint density at radius 2 is 2.00 bits per heavy atom. The van der Waals surface area contributed by atoms with Crippen LogP contribution in [-0.2, 0) is 6.42 Å². The molecule has 2 N–H and O–H groups in total. The third-order valence-electron chi connectivity index (χ3n) is 2.14. The molecule has 0 aliphatic heterocycles. The maximum Gasteiger partial charge on any atom is 0.0940 e. The Bertz CT molecular complexity index is 301. The number of thiazole rings is 1. The molecule has 0 bridgehead atoms. The van der Waals surface area contributed by atoms with Crippen LogP contribution in [0, 0.1) is 6.92 Å². The van der Waals surface area contributed by atoms with Crippen LogP contribution in [0.5, 0.6) is 0 Å². The Balaban J connectivity index is 2.00. The van der Waals surface area contributed by atoms with Gasteiger partial charge >= 0.3 is 0 Å². The van der Waals surface area contributed by atoms with E-state index in [4.69, 9.17) is 0 Å². The van der Waals surface area contributed by atoms with Gasteiger partial charge in [0.05, 0.1) is 5.01 Å². The van der Waals surface area contributed by atoms with Crippen LogP contribution in [0.3, 0.4) is 0 Å². The molecule has 0 spiro atoms. The van der Waals surface area contributed by atoms with E-state index in [0.29, 0.717) is 0 Å². The van der Waals surface area contributed by atoms with Crippen LogP contribution in [0.1, 0.15) is 31.5 Å². The van der Waals surface area contributed by atoms with Gasteiger partial charge in [-0.1, -0.05) is 0 Å². The molecule has 1 rings (SSSR count). The highest BCUT2D eigenvalue weighted by Crippen LogP contribution is 2.08. The third kappa shape index (κ3) is 6.20. The SMILES string of the molecule is Cc1csc(CCNCCNC(C)(C)C)n1. The van der Waals surface area contributed by atoms with Crippen molar-refractivity contribution in [1.82, 2.24) is 15.6 Å². The summed E-state index contributed by atoms with van der Waals surface area (Å²) in [5, 5.41) is 10.2. The summed E-state index contributed by atoms with van der Waals surface area (Å²) >= 11 is 1.75. The lowest BCUT2D eigenvalue weighted by Crippen LogP contribution is -2.40. The molecule has 1 aromatic heterocycles. The summed E-state index contributed by atoms with van der Waals surface area (Å²) in [7, 11) is 0. The lowest BCUT2D eigenvalue weighted by atomic mass is 10.1. The molecule has 0 aliphatic rings. The number of nitrogens with one attached hydrogen (secondary N) is 2. The molecule has 92 valence electrons. The monoisotopic (exact) mass is 241 g/mol. The highest BCUT2D eigenvalue weighted by molar-refractivity contribution is 7.09. The smallest absolute Gasteiger partial charge is 0.0940 e. The molecule has 1 aromatic rings. The predicted molar refractivity (Wildman–Crippen MR) is 71.2 cm³/mol. The zero-order valence-corrected chi connectivity index (χ0v) is 11.6. The van der Waals surface area contributed by atoms with Gasteiger partial charge in [-0.15, -0.1) is 11.3 Å². The van der Waals surface area contributed by atoms with Crippen molar-refractivity contribution >= 4 is 11.3 Å². The van der Waals surface area contributed by atoms with E-state index < -0.39 is 0 Å². The van der Waals surface area contributed by atoms with Crippen molar-refractivity contribution in [2.24, 2.45) is 0 Å². The molecule has 0 radical (unpaired) electrons. The lowest BCUT2D eigenvalue weighted by molar-refractivity contribution is 0.422. The van der Waals surface area contributed by atoms with E-state index in [1.165, 1.54) is 5.01 Å². The zero-order valence-electron chi connectivity index (χ0n) is 10.8. The van der Waals surface area contributed by atoms with Crippen LogP contribution in [0.25, 0.3) is 0 Å². The van der Waals surface area contributed by atoms with Crippen LogP contribution in [0.4, 0.5) is 0 Å². The highest BCUT2D eigenvalue weighted by atomic mass is 32.1. The molecular formula is C12H23N3S. The minimum Gasteiger partial charge on any atom is -0.315 e. The molecule has 16 heavy (non-hydrogen) atoms. The second-order valence-corrected chi connectivity index (χ2v) is 6.00. The van der Waals surface area contributed by atoms with Gasteiger partial charge in [0, 0.05) is 42.7 Å². The fraction of sp³-hybridized carbons (Fsp3) is 0.750. The number of hydrogen-bond donors (Lipinski definition) is 2. The Hall–Kier alpha value is -0.450. The molecule has 0 atom stereocenters. The van der Waals surface area contributed by atoms with Gasteiger partial charge in [0.15, 0.2) is 0 Å². The average molecular weight is 241 g/mol. The first kappa shape index (κ1) is 13.6. The third-order valence-corrected chi connectivity index (χ3v) is 3.17. The molecule has 0 aliphatic carbocycles. The van der Waals surface area contributed by atoms with Crippen molar-refractivity contribution < 1.29 is 0 Å². The largest absolute Gasteiger partial charge is 0.315 e. The van der Waals surface area contributed by atoms with Crippen molar-refractivity contribution in [3.8, 4) is 0 Å². The zero-order chi connectivity index (χ0) is 12.0. The highest BCUT2D eigenvalue weighted by Gasteiger charge is 2.06. The number of rotatable bonds is 6. The molecule has 0 fully saturated rings. The minimum absolute atomic E-state index is 0.216. The van der Waals surface area contributed by atoms with Crippen molar-refractivity contribution in [2.45, 2.75) is 39.7 Å². The van der Waals surface area contributed by atoms with Crippen LogP contribution in [-0.4, -0.2) is 30.2 Å². The van der Waals surface area contributed by atoms with Crippen molar-refractivity contribution in [3.05, 3.63) is 16.1 Å². The average Bonchev–Trinajstić information content (AvgIpc) is 2.56. The molecule has 0 saturated heterocycles. The second-order valence-electron chi connectivity index (χ2n) is 5.06. The van der Waals surface area contributed by atoms with Gasteiger partial charge in [-0.3, -0.25) is 0 Å². The number of nitrogens with zero attached hydrogens (tertiary/aromatic N) is 1. The molecule has 0 unspecified atom stereocenters. The van der Waals surface area contributed by atoms with E-state index >= 15 is 0 Å². The molecular weight excluding hydrogens is 218 g/mol. The van der Waals surface area contributed by atoms with E-state index in [1.807, 2.05) is 6.92 Å². The van der Waals surface area contributed by atoms with Crippen LogP contribution < -0.4 is 10.6 Å². The summed E-state index contributed by atoms with van der Waals surface area (Å²) in [4.78, 5) is 4.43. The molecule has 1 heterocycles. The minimum atomic E-state index is 0.216. The fourth-order valence-electron chi connectivity index (χ4n) is 1.36. The first-order chi connectivity index (χ1) is 7.47. The summed E-state index contributed by atoms with van der Waals surface area (Å²) in [6, 6.07) is 0. The predicted octanol–water partition coefficient (Wildman–Crippen LogP) is 1.97. The van der Waals surface area contributed by atoms with E-state index in [-0.39, 0.29) is 5.54 Å². The van der Waals surface area contributed by atoms with Gasteiger partial charge in [-0.25, -0.2) is 4.98 Å². The first-order valence-corrected chi connectivity index (χ1v) is 6.72. The maximum absolute atomic E-state index is 4.43. The van der Waals surface area contributed by atoms with Crippen molar-refractivity contribution in [2.75, 3.05) is 19.6 Å². The Morgan fingerprint density at radius 3 is 2.56 bits per heavy atom.